The van der Waals surface area contributed by atoms with Gasteiger partial charge in [0.2, 0.25) is 0 Å². The van der Waals surface area contributed by atoms with Gasteiger partial charge in [0.25, 0.3) is 0 Å². The van der Waals surface area contributed by atoms with Crippen LogP contribution in [0.4, 0.5) is 0 Å². The highest BCUT2D eigenvalue weighted by Gasteiger charge is 2.08. The first-order chi connectivity index (χ1) is 6.68. The average Bonchev–Trinajstić information content (AvgIpc) is 2.30. The minimum absolute atomic E-state index is 0.129. The van der Waals surface area contributed by atoms with E-state index in [9.17, 15) is 4.79 Å². The molecule has 2 heteroatoms. The standard InChI is InChI=1S/C12H19NO/c1-11-5-3-8-13(10-7-11)9-4-6-12(2)14/h4,6H,1,3,5,7-10H2,2H3/b6-4+. The Kier molecular flexibility index (Phi) is 4.60. The van der Waals surface area contributed by atoms with Gasteiger partial charge >= 0.3 is 0 Å². The molecule has 1 aliphatic rings. The van der Waals surface area contributed by atoms with Crippen molar-refractivity contribution in [3.05, 3.63) is 24.3 Å². The lowest BCUT2D eigenvalue weighted by molar-refractivity contribution is -0.112. The topological polar surface area (TPSA) is 20.3 Å². The fraction of sp³-hybridized carbons (Fsp3) is 0.583. The number of likely N-dealkylation sites (tertiary alicyclic amines) is 1. The first-order valence-corrected chi connectivity index (χ1v) is 5.24. The second-order valence-corrected chi connectivity index (χ2v) is 3.92. The number of carbonyl (C=O) groups is 1. The minimum Gasteiger partial charge on any atom is -0.299 e. The van der Waals surface area contributed by atoms with Crippen LogP contribution in [0.5, 0.6) is 0 Å². The summed E-state index contributed by atoms with van der Waals surface area (Å²) in [6.07, 6.45) is 7.07. The van der Waals surface area contributed by atoms with Crippen LogP contribution in [0.25, 0.3) is 0 Å². The monoisotopic (exact) mass is 193 g/mol. The Hall–Kier alpha value is -0.890. The third-order valence-electron chi connectivity index (χ3n) is 2.50. The number of rotatable bonds is 3. The van der Waals surface area contributed by atoms with Crippen molar-refractivity contribution in [1.29, 1.82) is 0 Å². The average molecular weight is 193 g/mol. The Bertz CT molecular complexity index is 243. The summed E-state index contributed by atoms with van der Waals surface area (Å²) >= 11 is 0. The summed E-state index contributed by atoms with van der Waals surface area (Å²) < 4.78 is 0. The number of ketones is 1. The number of allylic oxidation sites excluding steroid dienone is 1. The normalized spacial score (nSPS) is 19.9. The smallest absolute Gasteiger partial charge is 0.152 e. The fourth-order valence-corrected chi connectivity index (χ4v) is 1.66. The largest absolute Gasteiger partial charge is 0.299 e. The van der Waals surface area contributed by atoms with Gasteiger partial charge in [0.05, 0.1) is 0 Å². The molecule has 1 fully saturated rings. The molecule has 1 heterocycles. The Morgan fingerprint density at radius 2 is 2.29 bits per heavy atom. The molecule has 0 amide bonds. The van der Waals surface area contributed by atoms with E-state index in [4.69, 9.17) is 0 Å². The summed E-state index contributed by atoms with van der Waals surface area (Å²) in [5.41, 5.74) is 1.36. The molecule has 1 rings (SSSR count). The van der Waals surface area contributed by atoms with Crippen molar-refractivity contribution in [3.63, 3.8) is 0 Å². The van der Waals surface area contributed by atoms with Gasteiger partial charge in [-0.3, -0.25) is 9.69 Å². The first-order valence-electron chi connectivity index (χ1n) is 5.24. The maximum atomic E-state index is 10.7. The van der Waals surface area contributed by atoms with Crippen LogP contribution in [0.3, 0.4) is 0 Å². The van der Waals surface area contributed by atoms with E-state index in [-0.39, 0.29) is 5.78 Å². The number of nitrogens with zero attached hydrogens (tertiary/aromatic N) is 1. The molecule has 1 saturated heterocycles. The number of hydrogen-bond acceptors (Lipinski definition) is 2. The van der Waals surface area contributed by atoms with Crippen molar-refractivity contribution in [2.24, 2.45) is 0 Å². The van der Waals surface area contributed by atoms with Crippen LogP contribution in [0.1, 0.15) is 26.2 Å². The van der Waals surface area contributed by atoms with Crippen LogP contribution in [0.2, 0.25) is 0 Å². The third kappa shape index (κ3) is 4.38. The van der Waals surface area contributed by atoms with Crippen molar-refractivity contribution < 1.29 is 4.79 Å². The summed E-state index contributed by atoms with van der Waals surface area (Å²) in [5.74, 6) is 0.129. The molecule has 0 aromatic rings. The van der Waals surface area contributed by atoms with E-state index in [2.05, 4.69) is 11.5 Å². The SMILES string of the molecule is C=C1CCCN(C/C=C/C(C)=O)CC1. The highest BCUT2D eigenvalue weighted by Crippen LogP contribution is 2.13. The molecule has 0 bridgehead atoms. The van der Waals surface area contributed by atoms with Gasteiger partial charge in [-0.25, -0.2) is 0 Å². The van der Waals surface area contributed by atoms with Gasteiger partial charge in [0.15, 0.2) is 5.78 Å². The predicted molar refractivity (Wildman–Crippen MR) is 59.3 cm³/mol. The molecule has 0 aromatic heterocycles. The predicted octanol–water partition coefficient (Wildman–Crippen LogP) is 2.17. The fourth-order valence-electron chi connectivity index (χ4n) is 1.66. The molecule has 1 aliphatic heterocycles. The lowest BCUT2D eigenvalue weighted by Crippen LogP contribution is -2.24. The second kappa shape index (κ2) is 5.76. The van der Waals surface area contributed by atoms with E-state index in [0.29, 0.717) is 0 Å². The Labute approximate surface area is 86.3 Å². The van der Waals surface area contributed by atoms with E-state index >= 15 is 0 Å². The van der Waals surface area contributed by atoms with Crippen LogP contribution in [0, 0.1) is 0 Å². The van der Waals surface area contributed by atoms with Crippen molar-refractivity contribution in [2.75, 3.05) is 19.6 Å². The summed E-state index contributed by atoms with van der Waals surface area (Å²) in [7, 11) is 0. The minimum atomic E-state index is 0.129. The molecule has 0 atom stereocenters. The summed E-state index contributed by atoms with van der Waals surface area (Å²) in [5, 5.41) is 0. The molecule has 0 N–H and O–H groups in total. The lowest BCUT2D eigenvalue weighted by atomic mass is 10.1. The Morgan fingerprint density at radius 1 is 1.50 bits per heavy atom. The zero-order valence-electron chi connectivity index (χ0n) is 8.96. The summed E-state index contributed by atoms with van der Waals surface area (Å²) in [6, 6.07) is 0. The Balaban J connectivity index is 2.30. The molecule has 0 aliphatic carbocycles. The van der Waals surface area contributed by atoms with E-state index in [1.165, 1.54) is 12.0 Å². The molecule has 78 valence electrons. The Morgan fingerprint density at radius 3 is 3.00 bits per heavy atom. The van der Waals surface area contributed by atoms with Gasteiger partial charge in [-0.2, -0.15) is 0 Å². The van der Waals surface area contributed by atoms with E-state index in [1.54, 1.807) is 13.0 Å². The molecule has 0 aromatic carbocycles. The van der Waals surface area contributed by atoms with Crippen molar-refractivity contribution in [3.8, 4) is 0 Å². The number of carbonyl (C=O) groups excluding carboxylic acids is 1. The van der Waals surface area contributed by atoms with Gasteiger partial charge in [0, 0.05) is 13.1 Å². The zero-order chi connectivity index (χ0) is 10.4. The lowest BCUT2D eigenvalue weighted by Gasteiger charge is -2.16. The maximum absolute atomic E-state index is 10.7. The highest BCUT2D eigenvalue weighted by atomic mass is 16.1. The second-order valence-electron chi connectivity index (χ2n) is 3.92. The van der Waals surface area contributed by atoms with Gasteiger partial charge in [0.1, 0.15) is 0 Å². The molecule has 2 nitrogen and oxygen atoms in total. The van der Waals surface area contributed by atoms with Crippen LogP contribution >= 0.6 is 0 Å². The van der Waals surface area contributed by atoms with Crippen LogP contribution in [-0.4, -0.2) is 30.3 Å². The molecular formula is C12H19NO. The quantitative estimate of drug-likeness (QED) is 0.506. The molecule has 14 heavy (non-hydrogen) atoms. The summed E-state index contributed by atoms with van der Waals surface area (Å²) in [4.78, 5) is 13.1. The van der Waals surface area contributed by atoms with E-state index in [1.807, 2.05) is 6.08 Å². The van der Waals surface area contributed by atoms with Crippen LogP contribution in [0.15, 0.2) is 24.3 Å². The van der Waals surface area contributed by atoms with Crippen LogP contribution < -0.4 is 0 Å². The highest BCUT2D eigenvalue weighted by molar-refractivity contribution is 5.87. The van der Waals surface area contributed by atoms with Crippen molar-refractivity contribution >= 4 is 5.78 Å². The van der Waals surface area contributed by atoms with E-state index < -0.39 is 0 Å². The van der Waals surface area contributed by atoms with Gasteiger partial charge in [-0.15, -0.1) is 0 Å². The van der Waals surface area contributed by atoms with Crippen molar-refractivity contribution in [1.82, 2.24) is 4.90 Å². The molecule has 0 spiro atoms. The van der Waals surface area contributed by atoms with E-state index in [0.717, 1.165) is 32.5 Å². The zero-order valence-corrected chi connectivity index (χ0v) is 8.96. The molecule has 0 radical (unpaired) electrons. The van der Waals surface area contributed by atoms with Gasteiger partial charge in [-0.05, 0) is 38.8 Å². The van der Waals surface area contributed by atoms with Gasteiger partial charge in [-0.1, -0.05) is 18.2 Å². The molecule has 0 unspecified atom stereocenters. The van der Waals surface area contributed by atoms with Crippen molar-refractivity contribution in [2.45, 2.75) is 26.2 Å². The maximum Gasteiger partial charge on any atom is 0.152 e. The molecular weight excluding hydrogens is 174 g/mol. The molecule has 0 saturated carbocycles. The summed E-state index contributed by atoms with van der Waals surface area (Å²) in [6.45, 7) is 8.71. The third-order valence-corrected chi connectivity index (χ3v) is 2.50. The first kappa shape index (κ1) is 11.2. The number of hydrogen-bond donors (Lipinski definition) is 0. The van der Waals surface area contributed by atoms with Crippen LogP contribution in [-0.2, 0) is 4.79 Å². The van der Waals surface area contributed by atoms with Gasteiger partial charge < -0.3 is 0 Å².